The van der Waals surface area contributed by atoms with E-state index in [-0.39, 0.29) is 28.8 Å². The number of rotatable bonds is 3. The molecule has 1 N–H and O–H groups in total. The van der Waals surface area contributed by atoms with E-state index in [2.05, 4.69) is 5.32 Å². The van der Waals surface area contributed by atoms with Gasteiger partial charge in [-0.2, -0.15) is 0 Å². The number of halogens is 2. The Bertz CT molecular complexity index is 802. The van der Waals surface area contributed by atoms with E-state index in [0.29, 0.717) is 18.5 Å². The van der Waals surface area contributed by atoms with Crippen molar-refractivity contribution in [3.8, 4) is 0 Å². The summed E-state index contributed by atoms with van der Waals surface area (Å²) in [6.07, 6.45) is 0.952. The van der Waals surface area contributed by atoms with Crippen LogP contribution in [0.2, 0.25) is 5.02 Å². The molecule has 0 bridgehead atoms. The van der Waals surface area contributed by atoms with Crippen LogP contribution in [0.15, 0.2) is 36.4 Å². The fourth-order valence-electron chi connectivity index (χ4n) is 2.80. The fourth-order valence-corrected chi connectivity index (χ4v) is 3.03. The molecule has 24 heavy (non-hydrogen) atoms. The Balaban J connectivity index is 1.75. The predicted molar refractivity (Wildman–Crippen MR) is 91.9 cm³/mol. The van der Waals surface area contributed by atoms with Crippen LogP contribution >= 0.6 is 11.6 Å². The van der Waals surface area contributed by atoms with E-state index in [1.54, 1.807) is 30.1 Å². The Morgan fingerprint density at radius 3 is 2.83 bits per heavy atom. The van der Waals surface area contributed by atoms with Crippen LogP contribution in [-0.2, 0) is 22.4 Å². The Hall–Kier alpha value is -2.40. The van der Waals surface area contributed by atoms with Gasteiger partial charge in [0.15, 0.2) is 0 Å². The Morgan fingerprint density at radius 2 is 2.08 bits per heavy atom. The van der Waals surface area contributed by atoms with Gasteiger partial charge in [0.05, 0.1) is 6.42 Å². The number of nitrogens with one attached hydrogen (secondary N) is 1. The molecule has 1 aliphatic rings. The van der Waals surface area contributed by atoms with Gasteiger partial charge in [0.25, 0.3) is 0 Å². The Morgan fingerprint density at radius 1 is 1.29 bits per heavy atom. The molecule has 0 aromatic heterocycles. The maximum atomic E-state index is 13.8. The number of benzene rings is 2. The number of carbonyl (C=O) groups excluding carboxylic acids is 2. The zero-order valence-electron chi connectivity index (χ0n) is 13.1. The van der Waals surface area contributed by atoms with Crippen molar-refractivity contribution in [3.05, 3.63) is 58.4 Å². The van der Waals surface area contributed by atoms with E-state index in [9.17, 15) is 14.0 Å². The van der Waals surface area contributed by atoms with Crippen LogP contribution in [0.3, 0.4) is 0 Å². The first-order valence-electron chi connectivity index (χ1n) is 7.58. The van der Waals surface area contributed by atoms with E-state index in [4.69, 9.17) is 11.6 Å². The third kappa shape index (κ3) is 3.26. The number of anilines is 2. The van der Waals surface area contributed by atoms with Crippen LogP contribution in [0.4, 0.5) is 15.8 Å². The van der Waals surface area contributed by atoms with Crippen molar-refractivity contribution in [2.75, 3.05) is 17.3 Å². The highest BCUT2D eigenvalue weighted by Gasteiger charge is 2.21. The normalized spacial score (nSPS) is 13.6. The molecule has 6 heteroatoms. The Labute approximate surface area is 144 Å². The smallest absolute Gasteiger partial charge is 0.228 e. The molecule has 0 atom stereocenters. The maximum absolute atomic E-state index is 13.8. The van der Waals surface area contributed by atoms with E-state index in [1.807, 2.05) is 6.07 Å². The summed E-state index contributed by atoms with van der Waals surface area (Å²) in [5.41, 5.74) is 2.65. The summed E-state index contributed by atoms with van der Waals surface area (Å²) in [6.45, 7) is 0. The number of hydrogen-bond donors (Lipinski definition) is 1. The van der Waals surface area contributed by atoms with Crippen molar-refractivity contribution in [1.82, 2.24) is 0 Å². The van der Waals surface area contributed by atoms with E-state index < -0.39 is 5.82 Å². The fraction of sp³-hybridized carbons (Fsp3) is 0.222. The first-order chi connectivity index (χ1) is 11.5. The van der Waals surface area contributed by atoms with E-state index >= 15 is 0 Å². The molecule has 3 rings (SSSR count). The predicted octanol–water partition coefficient (Wildman–Crippen LogP) is 3.57. The minimum Gasteiger partial charge on any atom is -0.326 e. The highest BCUT2D eigenvalue weighted by molar-refractivity contribution is 6.31. The lowest BCUT2D eigenvalue weighted by Crippen LogP contribution is -2.31. The minimum absolute atomic E-state index is 0.0773. The third-order valence-corrected chi connectivity index (χ3v) is 4.46. The van der Waals surface area contributed by atoms with E-state index in [0.717, 1.165) is 11.3 Å². The summed E-state index contributed by atoms with van der Waals surface area (Å²) >= 11 is 5.94. The van der Waals surface area contributed by atoms with Crippen molar-refractivity contribution >= 4 is 34.8 Å². The lowest BCUT2D eigenvalue weighted by Gasteiger charge is -2.26. The molecule has 0 spiro atoms. The molecular formula is C18H16ClFN2O2. The number of hydrogen-bond acceptors (Lipinski definition) is 2. The molecule has 1 heterocycles. The topological polar surface area (TPSA) is 49.4 Å². The summed E-state index contributed by atoms with van der Waals surface area (Å²) in [5, 5.41) is 2.99. The number of carbonyl (C=O) groups is 2. The van der Waals surface area contributed by atoms with E-state index in [1.165, 1.54) is 12.1 Å². The second-order valence-corrected chi connectivity index (χ2v) is 6.13. The molecule has 2 aromatic carbocycles. The van der Waals surface area contributed by atoms with Crippen molar-refractivity contribution < 1.29 is 14.0 Å². The number of fused-ring (bicyclic) bond motifs is 1. The summed E-state index contributed by atoms with van der Waals surface area (Å²) in [6, 6.07) is 9.71. The number of amides is 2. The van der Waals surface area contributed by atoms with Gasteiger partial charge in [-0.05, 0) is 42.3 Å². The van der Waals surface area contributed by atoms with Gasteiger partial charge in [0, 0.05) is 35.4 Å². The number of aryl methyl sites for hydroxylation is 1. The van der Waals surface area contributed by atoms with Gasteiger partial charge in [0.2, 0.25) is 11.8 Å². The van der Waals surface area contributed by atoms with Gasteiger partial charge in [-0.15, -0.1) is 0 Å². The third-order valence-electron chi connectivity index (χ3n) is 4.11. The van der Waals surface area contributed by atoms with Gasteiger partial charge in [-0.25, -0.2) is 4.39 Å². The molecule has 124 valence electrons. The summed E-state index contributed by atoms with van der Waals surface area (Å²) in [4.78, 5) is 25.5. The van der Waals surface area contributed by atoms with Crippen molar-refractivity contribution in [2.24, 2.45) is 0 Å². The molecule has 0 fully saturated rings. The molecule has 2 aromatic rings. The van der Waals surface area contributed by atoms with Crippen LogP contribution < -0.4 is 10.2 Å². The van der Waals surface area contributed by atoms with Gasteiger partial charge in [-0.3, -0.25) is 9.59 Å². The molecule has 2 amide bonds. The molecule has 0 saturated heterocycles. The van der Waals surface area contributed by atoms with Gasteiger partial charge < -0.3 is 10.2 Å². The molecule has 0 radical (unpaired) electrons. The lowest BCUT2D eigenvalue weighted by molar-refractivity contribution is -0.118. The average molecular weight is 347 g/mol. The SMILES string of the molecule is CN1C(=O)CCc2cc(NC(=O)Cc3c(F)cccc3Cl)ccc21. The van der Waals surface area contributed by atoms with Gasteiger partial charge >= 0.3 is 0 Å². The van der Waals surface area contributed by atoms with Crippen LogP contribution in [0.25, 0.3) is 0 Å². The second kappa shape index (κ2) is 6.61. The average Bonchev–Trinajstić information content (AvgIpc) is 2.55. The molecule has 4 nitrogen and oxygen atoms in total. The highest BCUT2D eigenvalue weighted by atomic mass is 35.5. The van der Waals surface area contributed by atoms with Gasteiger partial charge in [0.1, 0.15) is 5.82 Å². The van der Waals surface area contributed by atoms with Crippen LogP contribution in [0, 0.1) is 5.82 Å². The second-order valence-electron chi connectivity index (χ2n) is 5.72. The van der Waals surface area contributed by atoms with Crippen molar-refractivity contribution in [1.29, 1.82) is 0 Å². The quantitative estimate of drug-likeness (QED) is 0.923. The maximum Gasteiger partial charge on any atom is 0.228 e. The zero-order valence-corrected chi connectivity index (χ0v) is 13.9. The summed E-state index contributed by atoms with van der Waals surface area (Å²) < 4.78 is 13.8. The van der Waals surface area contributed by atoms with Crippen LogP contribution in [0.5, 0.6) is 0 Å². The molecule has 0 aliphatic carbocycles. The lowest BCUT2D eigenvalue weighted by atomic mass is 10.0. The molecule has 0 unspecified atom stereocenters. The zero-order chi connectivity index (χ0) is 17.3. The van der Waals surface area contributed by atoms with Crippen LogP contribution in [0.1, 0.15) is 17.5 Å². The minimum atomic E-state index is -0.497. The van der Waals surface area contributed by atoms with Gasteiger partial charge in [-0.1, -0.05) is 17.7 Å². The standard InChI is InChI=1S/C18H16ClFN2O2/c1-22-16-7-6-12(9-11(16)5-8-18(22)24)21-17(23)10-13-14(19)3-2-4-15(13)20/h2-4,6-7,9H,5,8,10H2,1H3,(H,21,23). The molecule has 0 saturated carbocycles. The molecule has 1 aliphatic heterocycles. The van der Waals surface area contributed by atoms with Crippen molar-refractivity contribution in [3.63, 3.8) is 0 Å². The Kier molecular flexibility index (Phi) is 4.53. The van der Waals surface area contributed by atoms with Crippen LogP contribution in [-0.4, -0.2) is 18.9 Å². The first kappa shape index (κ1) is 16.5. The highest BCUT2D eigenvalue weighted by Crippen LogP contribution is 2.29. The van der Waals surface area contributed by atoms with Crippen molar-refractivity contribution in [2.45, 2.75) is 19.3 Å². The first-order valence-corrected chi connectivity index (χ1v) is 7.95. The molecular weight excluding hydrogens is 331 g/mol. The number of nitrogens with zero attached hydrogens (tertiary/aromatic N) is 1. The summed E-state index contributed by atoms with van der Waals surface area (Å²) in [5.74, 6) is -0.765. The summed E-state index contributed by atoms with van der Waals surface area (Å²) in [7, 11) is 1.73. The monoisotopic (exact) mass is 346 g/mol. The largest absolute Gasteiger partial charge is 0.326 e.